The summed E-state index contributed by atoms with van der Waals surface area (Å²) >= 11 is 0. The molecule has 0 spiro atoms. The second-order valence-electron chi connectivity index (χ2n) is 4.30. The third-order valence-electron chi connectivity index (χ3n) is 2.78. The van der Waals surface area contributed by atoms with E-state index in [-0.39, 0.29) is 5.82 Å². The summed E-state index contributed by atoms with van der Waals surface area (Å²) in [6.07, 6.45) is 2.20. The van der Waals surface area contributed by atoms with Crippen molar-refractivity contribution in [2.24, 2.45) is 0 Å². The lowest BCUT2D eigenvalue weighted by atomic mass is 10.2. The Morgan fingerprint density at radius 2 is 2.10 bits per heavy atom. The third-order valence-corrected chi connectivity index (χ3v) is 2.78. The lowest BCUT2D eigenvalue weighted by Crippen LogP contribution is -2.09. The summed E-state index contributed by atoms with van der Waals surface area (Å²) in [6.45, 7) is 4.13. The molecule has 0 atom stereocenters. The molecule has 0 saturated carbocycles. The zero-order valence-electron chi connectivity index (χ0n) is 11.8. The van der Waals surface area contributed by atoms with Crippen molar-refractivity contribution in [1.82, 2.24) is 15.0 Å². The standard InChI is InChI=1S/C14H17FN4O/c1-4-16-14-13(15)9(2)18-11(19-14)7-10-5-6-12(20-3)17-8-10/h5-6,8H,4,7H2,1-3H3,(H,16,18,19). The highest BCUT2D eigenvalue weighted by molar-refractivity contribution is 5.38. The van der Waals surface area contributed by atoms with Crippen LogP contribution in [0.4, 0.5) is 10.2 Å². The number of hydrogen-bond donors (Lipinski definition) is 1. The van der Waals surface area contributed by atoms with E-state index in [0.29, 0.717) is 30.4 Å². The molecule has 0 radical (unpaired) electrons. The molecule has 20 heavy (non-hydrogen) atoms. The maximum Gasteiger partial charge on any atom is 0.212 e. The Hall–Kier alpha value is -2.24. The second-order valence-corrected chi connectivity index (χ2v) is 4.30. The first-order chi connectivity index (χ1) is 9.63. The van der Waals surface area contributed by atoms with E-state index < -0.39 is 5.82 Å². The molecule has 0 saturated heterocycles. The van der Waals surface area contributed by atoms with Crippen LogP contribution in [-0.4, -0.2) is 28.6 Å². The smallest absolute Gasteiger partial charge is 0.212 e. The van der Waals surface area contributed by atoms with Gasteiger partial charge in [-0.15, -0.1) is 0 Å². The summed E-state index contributed by atoms with van der Waals surface area (Å²) in [5.41, 5.74) is 1.28. The Labute approximate surface area is 117 Å². The Morgan fingerprint density at radius 1 is 1.30 bits per heavy atom. The molecule has 0 aliphatic carbocycles. The van der Waals surface area contributed by atoms with E-state index in [0.717, 1.165) is 5.56 Å². The maximum atomic E-state index is 13.8. The topological polar surface area (TPSA) is 59.9 Å². The molecule has 0 aliphatic rings. The Kier molecular flexibility index (Phi) is 4.45. The van der Waals surface area contributed by atoms with Gasteiger partial charge in [0.2, 0.25) is 5.88 Å². The van der Waals surface area contributed by atoms with Crippen LogP contribution in [0, 0.1) is 12.7 Å². The molecule has 106 valence electrons. The van der Waals surface area contributed by atoms with Crippen LogP contribution in [0.5, 0.6) is 5.88 Å². The van der Waals surface area contributed by atoms with Crippen molar-refractivity contribution in [2.45, 2.75) is 20.3 Å². The predicted octanol–water partition coefficient (Wildman–Crippen LogP) is 2.35. The van der Waals surface area contributed by atoms with Gasteiger partial charge in [0.25, 0.3) is 0 Å². The van der Waals surface area contributed by atoms with Gasteiger partial charge in [0, 0.05) is 25.2 Å². The number of pyridine rings is 1. The zero-order valence-corrected chi connectivity index (χ0v) is 11.8. The van der Waals surface area contributed by atoms with Crippen LogP contribution in [0.25, 0.3) is 0 Å². The van der Waals surface area contributed by atoms with E-state index in [2.05, 4.69) is 20.3 Å². The van der Waals surface area contributed by atoms with Crippen molar-refractivity contribution in [3.05, 3.63) is 41.2 Å². The quantitative estimate of drug-likeness (QED) is 0.908. The fourth-order valence-electron chi connectivity index (χ4n) is 1.80. The number of hydrogen-bond acceptors (Lipinski definition) is 5. The summed E-state index contributed by atoms with van der Waals surface area (Å²) in [6, 6.07) is 3.66. The SMILES string of the molecule is CCNc1nc(Cc2ccc(OC)nc2)nc(C)c1F. The summed E-state index contributed by atoms with van der Waals surface area (Å²) in [7, 11) is 1.57. The van der Waals surface area contributed by atoms with Crippen molar-refractivity contribution in [1.29, 1.82) is 0 Å². The molecule has 0 aliphatic heterocycles. The van der Waals surface area contributed by atoms with E-state index in [1.165, 1.54) is 0 Å². The first kappa shape index (κ1) is 14.2. The molecule has 0 aromatic carbocycles. The van der Waals surface area contributed by atoms with Gasteiger partial charge < -0.3 is 10.1 Å². The fourth-order valence-corrected chi connectivity index (χ4v) is 1.80. The number of aryl methyl sites for hydroxylation is 1. The number of ether oxygens (including phenoxy) is 1. The van der Waals surface area contributed by atoms with E-state index in [9.17, 15) is 4.39 Å². The van der Waals surface area contributed by atoms with Gasteiger partial charge in [0.05, 0.1) is 12.8 Å². The lowest BCUT2D eigenvalue weighted by molar-refractivity contribution is 0.397. The van der Waals surface area contributed by atoms with Crippen LogP contribution < -0.4 is 10.1 Å². The van der Waals surface area contributed by atoms with E-state index in [1.54, 1.807) is 26.3 Å². The highest BCUT2D eigenvalue weighted by Gasteiger charge is 2.11. The number of aromatic nitrogens is 3. The van der Waals surface area contributed by atoms with Crippen molar-refractivity contribution in [3.8, 4) is 5.88 Å². The number of nitrogens with one attached hydrogen (secondary N) is 1. The molecule has 2 aromatic rings. The Morgan fingerprint density at radius 3 is 2.70 bits per heavy atom. The van der Waals surface area contributed by atoms with Gasteiger partial charge >= 0.3 is 0 Å². The first-order valence-electron chi connectivity index (χ1n) is 6.39. The van der Waals surface area contributed by atoms with Gasteiger partial charge in [0.1, 0.15) is 5.82 Å². The normalized spacial score (nSPS) is 10.4. The minimum Gasteiger partial charge on any atom is -0.481 e. The fraction of sp³-hybridized carbons (Fsp3) is 0.357. The van der Waals surface area contributed by atoms with Crippen molar-refractivity contribution < 1.29 is 9.13 Å². The van der Waals surface area contributed by atoms with E-state index in [4.69, 9.17) is 4.74 Å². The summed E-state index contributed by atoms with van der Waals surface area (Å²) in [5.74, 6) is 0.963. The first-order valence-corrected chi connectivity index (χ1v) is 6.39. The molecule has 5 nitrogen and oxygen atoms in total. The van der Waals surface area contributed by atoms with E-state index >= 15 is 0 Å². The number of rotatable bonds is 5. The number of halogens is 1. The number of anilines is 1. The van der Waals surface area contributed by atoms with Crippen LogP contribution in [0.3, 0.4) is 0 Å². The monoisotopic (exact) mass is 276 g/mol. The number of methoxy groups -OCH3 is 1. The molecule has 0 fully saturated rings. The second kappa shape index (κ2) is 6.27. The molecular weight excluding hydrogens is 259 g/mol. The molecule has 6 heteroatoms. The molecule has 2 heterocycles. The van der Waals surface area contributed by atoms with Gasteiger partial charge in [-0.2, -0.15) is 0 Å². The molecule has 1 N–H and O–H groups in total. The van der Waals surface area contributed by atoms with Gasteiger partial charge in [-0.1, -0.05) is 6.07 Å². The van der Waals surface area contributed by atoms with Gasteiger partial charge in [-0.25, -0.2) is 19.3 Å². The minimum atomic E-state index is -0.400. The largest absolute Gasteiger partial charge is 0.481 e. The summed E-state index contributed by atoms with van der Waals surface area (Å²) < 4.78 is 18.8. The zero-order chi connectivity index (χ0) is 14.5. The maximum absolute atomic E-state index is 13.8. The van der Waals surface area contributed by atoms with Crippen molar-refractivity contribution in [3.63, 3.8) is 0 Å². The molecule has 2 rings (SSSR count). The van der Waals surface area contributed by atoms with Crippen LogP contribution in [0.15, 0.2) is 18.3 Å². The summed E-state index contributed by atoms with van der Waals surface area (Å²) in [4.78, 5) is 12.5. The van der Waals surface area contributed by atoms with Gasteiger partial charge in [0.15, 0.2) is 11.6 Å². The van der Waals surface area contributed by atoms with Gasteiger partial charge in [-0.05, 0) is 19.4 Å². The third kappa shape index (κ3) is 3.20. The van der Waals surface area contributed by atoms with Crippen LogP contribution in [0.2, 0.25) is 0 Å². The molecule has 0 unspecified atom stereocenters. The predicted molar refractivity (Wildman–Crippen MR) is 74.5 cm³/mol. The average molecular weight is 276 g/mol. The van der Waals surface area contributed by atoms with Gasteiger partial charge in [-0.3, -0.25) is 0 Å². The molecule has 2 aromatic heterocycles. The highest BCUT2D eigenvalue weighted by Crippen LogP contribution is 2.16. The minimum absolute atomic E-state index is 0.247. The number of nitrogens with zero attached hydrogens (tertiary/aromatic N) is 3. The van der Waals surface area contributed by atoms with Crippen LogP contribution in [-0.2, 0) is 6.42 Å². The Bertz CT molecular complexity index is 586. The molecule has 0 amide bonds. The molecule has 0 bridgehead atoms. The average Bonchev–Trinajstić information content (AvgIpc) is 2.45. The molecular formula is C14H17FN4O. The Balaban J connectivity index is 2.23. The lowest BCUT2D eigenvalue weighted by Gasteiger charge is -2.09. The summed E-state index contributed by atoms with van der Waals surface area (Å²) in [5, 5.41) is 2.90. The van der Waals surface area contributed by atoms with Crippen LogP contribution in [0.1, 0.15) is 24.0 Å². The van der Waals surface area contributed by atoms with E-state index in [1.807, 2.05) is 13.0 Å². The van der Waals surface area contributed by atoms with Crippen LogP contribution >= 0.6 is 0 Å². The highest BCUT2D eigenvalue weighted by atomic mass is 19.1. The van der Waals surface area contributed by atoms with Crippen molar-refractivity contribution >= 4 is 5.82 Å². The van der Waals surface area contributed by atoms with Crippen molar-refractivity contribution in [2.75, 3.05) is 19.0 Å².